The smallest absolute Gasteiger partial charge is 0.257 e. The summed E-state index contributed by atoms with van der Waals surface area (Å²) in [5.41, 5.74) is 2.29. The van der Waals surface area contributed by atoms with Gasteiger partial charge in [-0.2, -0.15) is 0 Å². The van der Waals surface area contributed by atoms with Gasteiger partial charge in [-0.1, -0.05) is 17.3 Å². The van der Waals surface area contributed by atoms with Crippen molar-refractivity contribution in [3.8, 4) is 5.75 Å². The molecular weight excluding hydrogens is 282 g/mol. The number of fused-ring (bicyclic) bond motifs is 2. The van der Waals surface area contributed by atoms with Gasteiger partial charge in [0.2, 0.25) is 0 Å². The minimum absolute atomic E-state index is 0.0182. The lowest BCUT2D eigenvalue weighted by Crippen LogP contribution is -2.40. The van der Waals surface area contributed by atoms with Crippen molar-refractivity contribution in [1.82, 2.24) is 9.38 Å². The van der Waals surface area contributed by atoms with Gasteiger partial charge < -0.3 is 19.5 Å². The Labute approximate surface area is 125 Å². The van der Waals surface area contributed by atoms with E-state index in [9.17, 15) is 10.3 Å². The molecule has 0 radical (unpaired) electrons. The number of benzene rings is 1. The van der Waals surface area contributed by atoms with E-state index in [1.807, 2.05) is 28.8 Å². The maximum Gasteiger partial charge on any atom is 0.257 e. The van der Waals surface area contributed by atoms with Gasteiger partial charge in [-0.05, 0) is 30.3 Å². The van der Waals surface area contributed by atoms with Crippen molar-refractivity contribution in [2.75, 3.05) is 0 Å². The molecular formula is C16H13N3O3. The number of para-hydroxylation sites is 1. The molecule has 0 fully saturated rings. The first-order valence-corrected chi connectivity index (χ1v) is 6.84. The van der Waals surface area contributed by atoms with Gasteiger partial charge in [0.15, 0.2) is 0 Å². The molecule has 1 atom stereocenters. The van der Waals surface area contributed by atoms with Gasteiger partial charge in [0.05, 0.1) is 18.5 Å². The van der Waals surface area contributed by atoms with E-state index in [0.29, 0.717) is 22.7 Å². The van der Waals surface area contributed by atoms with Crippen molar-refractivity contribution in [3.63, 3.8) is 0 Å². The highest BCUT2D eigenvalue weighted by molar-refractivity contribution is 6.03. The topological polar surface area (TPSA) is 79.4 Å². The third kappa shape index (κ3) is 1.85. The summed E-state index contributed by atoms with van der Waals surface area (Å²) in [5.74, 6) is -1.21. The van der Waals surface area contributed by atoms with E-state index < -0.39 is 5.79 Å². The quantitative estimate of drug-likeness (QED) is 0.532. The monoisotopic (exact) mass is 295 g/mol. The van der Waals surface area contributed by atoms with Crippen LogP contribution in [-0.4, -0.2) is 25.4 Å². The molecule has 6 nitrogen and oxygen atoms in total. The number of hydrogen-bond acceptors (Lipinski definition) is 5. The van der Waals surface area contributed by atoms with Crippen LogP contribution in [0.5, 0.6) is 5.75 Å². The first-order chi connectivity index (χ1) is 10.7. The van der Waals surface area contributed by atoms with E-state index in [1.165, 1.54) is 0 Å². The zero-order chi connectivity index (χ0) is 15.2. The number of rotatable bonds is 1. The van der Waals surface area contributed by atoms with Crippen LogP contribution in [0.3, 0.4) is 0 Å². The number of oxime groups is 1. The van der Waals surface area contributed by atoms with Crippen LogP contribution in [0.15, 0.2) is 60.1 Å². The maximum atomic E-state index is 10.9. The molecule has 2 N–H and O–H groups in total. The van der Waals surface area contributed by atoms with Gasteiger partial charge in [0.25, 0.3) is 5.79 Å². The Hall–Kier alpha value is -2.86. The Morgan fingerprint density at radius 3 is 2.95 bits per heavy atom. The Kier molecular flexibility index (Phi) is 2.67. The van der Waals surface area contributed by atoms with Crippen molar-refractivity contribution in [3.05, 3.63) is 66.2 Å². The summed E-state index contributed by atoms with van der Waals surface area (Å²) < 4.78 is 7.59. The summed E-state index contributed by atoms with van der Waals surface area (Å²) in [7, 11) is 0. The van der Waals surface area contributed by atoms with E-state index in [-0.39, 0.29) is 6.42 Å². The predicted molar refractivity (Wildman–Crippen MR) is 79.1 cm³/mol. The Balaban J connectivity index is 1.84. The molecule has 0 saturated carbocycles. The molecule has 4 rings (SSSR count). The molecule has 0 spiro atoms. The third-order valence-electron chi connectivity index (χ3n) is 3.82. The lowest BCUT2D eigenvalue weighted by atomic mass is 9.95. The molecule has 0 amide bonds. The van der Waals surface area contributed by atoms with Crippen molar-refractivity contribution in [2.24, 2.45) is 5.16 Å². The molecule has 110 valence electrons. The van der Waals surface area contributed by atoms with Crippen LogP contribution in [0.1, 0.15) is 17.7 Å². The van der Waals surface area contributed by atoms with Crippen molar-refractivity contribution in [2.45, 2.75) is 12.2 Å². The van der Waals surface area contributed by atoms with Crippen LogP contribution < -0.4 is 4.74 Å². The second-order valence-corrected chi connectivity index (χ2v) is 5.22. The SMILES string of the molecule is O/N=C1/CC(O)(c2cc3cccn3cn2)Oc2ccccc21. The zero-order valence-electron chi connectivity index (χ0n) is 11.5. The Morgan fingerprint density at radius 1 is 1.23 bits per heavy atom. The van der Waals surface area contributed by atoms with Crippen LogP contribution in [-0.2, 0) is 5.79 Å². The highest BCUT2D eigenvalue weighted by Gasteiger charge is 2.41. The van der Waals surface area contributed by atoms with Crippen molar-refractivity contribution < 1.29 is 15.1 Å². The van der Waals surface area contributed by atoms with Crippen LogP contribution in [0.2, 0.25) is 0 Å². The van der Waals surface area contributed by atoms with Gasteiger partial charge in [-0.25, -0.2) is 4.98 Å². The van der Waals surface area contributed by atoms with Crippen molar-refractivity contribution in [1.29, 1.82) is 0 Å². The summed E-state index contributed by atoms with van der Waals surface area (Å²) in [6.45, 7) is 0. The fourth-order valence-electron chi connectivity index (χ4n) is 2.72. The minimum atomic E-state index is -1.66. The number of aliphatic hydroxyl groups is 1. The molecule has 1 unspecified atom stereocenters. The van der Waals surface area contributed by atoms with Gasteiger partial charge in [-0.15, -0.1) is 0 Å². The average Bonchev–Trinajstić information content (AvgIpc) is 3.01. The molecule has 3 heterocycles. The molecule has 2 aromatic heterocycles. The third-order valence-corrected chi connectivity index (χ3v) is 3.82. The molecule has 6 heteroatoms. The van der Waals surface area contributed by atoms with Crippen LogP contribution in [0.4, 0.5) is 0 Å². The van der Waals surface area contributed by atoms with E-state index >= 15 is 0 Å². The summed E-state index contributed by atoms with van der Waals surface area (Å²) in [4.78, 5) is 4.27. The second kappa shape index (κ2) is 4.57. The number of hydrogen-bond donors (Lipinski definition) is 2. The molecule has 3 aromatic rings. The maximum absolute atomic E-state index is 10.9. The predicted octanol–water partition coefficient (Wildman–Crippen LogP) is 2.14. The van der Waals surface area contributed by atoms with Crippen LogP contribution in [0.25, 0.3) is 5.52 Å². The average molecular weight is 295 g/mol. The lowest BCUT2D eigenvalue weighted by Gasteiger charge is -2.33. The van der Waals surface area contributed by atoms with E-state index in [0.717, 1.165) is 5.52 Å². The summed E-state index contributed by atoms with van der Waals surface area (Å²) in [5, 5.41) is 23.5. The summed E-state index contributed by atoms with van der Waals surface area (Å²) >= 11 is 0. The highest BCUT2D eigenvalue weighted by Crippen LogP contribution is 2.37. The standard InChI is InChI=1S/C16H13N3O3/c20-16(15-8-11-4-3-7-19(11)10-17-15)9-13(18-21)12-5-1-2-6-14(12)22-16/h1-8,10,20-21H,9H2/b18-13-. The fourth-order valence-corrected chi connectivity index (χ4v) is 2.72. The molecule has 0 bridgehead atoms. The first kappa shape index (κ1) is 12.8. The minimum Gasteiger partial charge on any atom is -0.455 e. The summed E-state index contributed by atoms with van der Waals surface area (Å²) in [6.07, 6.45) is 3.50. The van der Waals surface area contributed by atoms with Gasteiger partial charge in [-0.3, -0.25) is 0 Å². The Bertz CT molecular complexity index is 887. The van der Waals surface area contributed by atoms with Crippen LogP contribution >= 0.6 is 0 Å². The first-order valence-electron chi connectivity index (χ1n) is 6.84. The number of ether oxygens (including phenoxy) is 1. The van der Waals surface area contributed by atoms with Gasteiger partial charge >= 0.3 is 0 Å². The molecule has 1 aliphatic heterocycles. The van der Waals surface area contributed by atoms with E-state index in [4.69, 9.17) is 4.74 Å². The fraction of sp³-hybridized carbons (Fsp3) is 0.125. The Morgan fingerprint density at radius 2 is 2.09 bits per heavy atom. The highest BCUT2D eigenvalue weighted by atomic mass is 16.6. The number of aromatic nitrogens is 2. The van der Waals surface area contributed by atoms with E-state index in [2.05, 4.69) is 10.1 Å². The molecule has 1 aliphatic rings. The lowest BCUT2D eigenvalue weighted by molar-refractivity contribution is -0.146. The summed E-state index contributed by atoms with van der Waals surface area (Å²) in [6, 6.07) is 12.7. The van der Waals surface area contributed by atoms with Gasteiger partial charge in [0.1, 0.15) is 11.4 Å². The second-order valence-electron chi connectivity index (χ2n) is 5.22. The van der Waals surface area contributed by atoms with Gasteiger partial charge in [0, 0.05) is 17.3 Å². The molecule has 1 aromatic carbocycles. The van der Waals surface area contributed by atoms with Crippen LogP contribution in [0, 0.1) is 0 Å². The number of nitrogens with zero attached hydrogens (tertiary/aromatic N) is 3. The largest absolute Gasteiger partial charge is 0.455 e. The zero-order valence-corrected chi connectivity index (χ0v) is 11.5. The van der Waals surface area contributed by atoms with E-state index in [1.54, 1.807) is 30.6 Å². The van der Waals surface area contributed by atoms with Crippen molar-refractivity contribution >= 4 is 11.2 Å². The molecule has 0 saturated heterocycles. The normalized spacial score (nSPS) is 22.5. The molecule has 0 aliphatic carbocycles. The molecule has 22 heavy (non-hydrogen) atoms.